The second kappa shape index (κ2) is 5.53. The summed E-state index contributed by atoms with van der Waals surface area (Å²) >= 11 is 0. The van der Waals surface area contributed by atoms with Crippen LogP contribution >= 0.6 is 0 Å². The van der Waals surface area contributed by atoms with Crippen LogP contribution in [0.5, 0.6) is 0 Å². The lowest BCUT2D eigenvalue weighted by molar-refractivity contribution is -0.122. The highest BCUT2D eigenvalue weighted by Gasteiger charge is 2.30. The number of hydrogen-bond donors (Lipinski definition) is 1. The SMILES string of the molecule is CC(CCN)C(=O)N1c2ccccc2CCC1C. The van der Waals surface area contributed by atoms with Gasteiger partial charge in [-0.25, -0.2) is 0 Å². The van der Waals surface area contributed by atoms with E-state index in [9.17, 15) is 4.79 Å². The van der Waals surface area contributed by atoms with Gasteiger partial charge in [0.25, 0.3) is 0 Å². The number of amides is 1. The lowest BCUT2D eigenvalue weighted by atomic mass is 9.94. The third-order valence-electron chi connectivity index (χ3n) is 3.78. The molecule has 18 heavy (non-hydrogen) atoms. The van der Waals surface area contributed by atoms with Crippen LogP contribution in [0.1, 0.15) is 32.3 Å². The monoisotopic (exact) mass is 246 g/mol. The Kier molecular flexibility index (Phi) is 4.02. The highest BCUT2D eigenvalue weighted by Crippen LogP contribution is 2.31. The van der Waals surface area contributed by atoms with Crippen LogP contribution in [0.15, 0.2) is 24.3 Å². The molecule has 2 atom stereocenters. The van der Waals surface area contributed by atoms with Gasteiger partial charge in [-0.05, 0) is 44.4 Å². The third-order valence-corrected chi connectivity index (χ3v) is 3.78. The molecule has 0 saturated heterocycles. The zero-order chi connectivity index (χ0) is 13.1. The molecule has 1 aromatic carbocycles. The van der Waals surface area contributed by atoms with Gasteiger partial charge >= 0.3 is 0 Å². The molecule has 0 bridgehead atoms. The fraction of sp³-hybridized carbons (Fsp3) is 0.533. The summed E-state index contributed by atoms with van der Waals surface area (Å²) in [5.74, 6) is 0.212. The standard InChI is InChI=1S/C15H22N2O/c1-11(9-10-16)15(18)17-12(2)7-8-13-5-3-4-6-14(13)17/h3-6,11-12H,7-10,16H2,1-2H3. The first kappa shape index (κ1) is 13.1. The maximum absolute atomic E-state index is 12.5. The summed E-state index contributed by atoms with van der Waals surface area (Å²) in [7, 11) is 0. The van der Waals surface area contributed by atoms with Crippen LogP contribution in [0.3, 0.4) is 0 Å². The Morgan fingerprint density at radius 1 is 1.50 bits per heavy atom. The molecule has 3 heteroatoms. The van der Waals surface area contributed by atoms with Crippen molar-refractivity contribution in [2.45, 2.75) is 39.2 Å². The van der Waals surface area contributed by atoms with E-state index in [1.54, 1.807) is 0 Å². The summed E-state index contributed by atoms with van der Waals surface area (Å²) in [5.41, 5.74) is 7.92. The highest BCUT2D eigenvalue weighted by atomic mass is 16.2. The summed E-state index contributed by atoms with van der Waals surface area (Å²) in [4.78, 5) is 14.5. The lowest BCUT2D eigenvalue weighted by Gasteiger charge is -2.36. The zero-order valence-electron chi connectivity index (χ0n) is 11.2. The predicted octanol–water partition coefficient (Wildman–Crippen LogP) is 2.34. The Labute approximate surface area is 109 Å². The molecule has 0 aromatic heterocycles. The minimum atomic E-state index is 0.00334. The van der Waals surface area contributed by atoms with E-state index in [0.29, 0.717) is 6.54 Å². The molecule has 0 spiro atoms. The number of carbonyl (C=O) groups is 1. The van der Waals surface area contributed by atoms with Gasteiger partial charge in [0.15, 0.2) is 0 Å². The van der Waals surface area contributed by atoms with E-state index in [-0.39, 0.29) is 17.9 Å². The van der Waals surface area contributed by atoms with Crippen molar-refractivity contribution >= 4 is 11.6 Å². The van der Waals surface area contributed by atoms with Crippen LogP contribution in [0.4, 0.5) is 5.69 Å². The van der Waals surface area contributed by atoms with Crippen LogP contribution in [0.2, 0.25) is 0 Å². The van der Waals surface area contributed by atoms with E-state index in [0.717, 1.165) is 24.9 Å². The van der Waals surface area contributed by atoms with Crippen molar-refractivity contribution in [2.75, 3.05) is 11.4 Å². The average molecular weight is 246 g/mol. The van der Waals surface area contributed by atoms with Crippen LogP contribution < -0.4 is 10.6 Å². The third kappa shape index (κ3) is 2.41. The second-order valence-corrected chi connectivity index (χ2v) is 5.20. The second-order valence-electron chi connectivity index (χ2n) is 5.20. The van der Waals surface area contributed by atoms with E-state index in [4.69, 9.17) is 5.73 Å². The van der Waals surface area contributed by atoms with Gasteiger partial charge in [-0.1, -0.05) is 25.1 Å². The molecule has 0 saturated carbocycles. The Morgan fingerprint density at radius 3 is 2.94 bits per heavy atom. The number of para-hydroxylation sites is 1. The van der Waals surface area contributed by atoms with Gasteiger partial charge < -0.3 is 10.6 Å². The smallest absolute Gasteiger partial charge is 0.230 e. The first-order chi connectivity index (χ1) is 8.65. The summed E-state index contributed by atoms with van der Waals surface area (Å²) < 4.78 is 0. The Bertz CT molecular complexity index is 430. The molecule has 1 aromatic rings. The predicted molar refractivity (Wildman–Crippen MR) is 74.5 cm³/mol. The van der Waals surface area contributed by atoms with Crippen molar-refractivity contribution in [3.05, 3.63) is 29.8 Å². The van der Waals surface area contributed by atoms with Crippen LogP contribution in [-0.4, -0.2) is 18.5 Å². The molecular formula is C15H22N2O. The lowest BCUT2D eigenvalue weighted by Crippen LogP contribution is -2.45. The molecule has 0 radical (unpaired) electrons. The summed E-state index contributed by atoms with van der Waals surface area (Å²) in [6.45, 7) is 4.67. The Hall–Kier alpha value is -1.35. The number of nitrogens with zero attached hydrogens (tertiary/aromatic N) is 1. The van der Waals surface area contributed by atoms with Crippen LogP contribution in [-0.2, 0) is 11.2 Å². The molecule has 2 rings (SSSR count). The quantitative estimate of drug-likeness (QED) is 0.889. The van der Waals surface area contributed by atoms with Gasteiger partial charge in [-0.3, -0.25) is 4.79 Å². The summed E-state index contributed by atoms with van der Waals surface area (Å²) in [5, 5.41) is 0. The van der Waals surface area contributed by atoms with Crippen molar-refractivity contribution in [3.63, 3.8) is 0 Å². The summed E-state index contributed by atoms with van der Waals surface area (Å²) in [6, 6.07) is 8.51. The van der Waals surface area contributed by atoms with Crippen molar-refractivity contribution in [2.24, 2.45) is 11.7 Å². The molecule has 2 unspecified atom stereocenters. The van der Waals surface area contributed by atoms with Crippen LogP contribution in [0.25, 0.3) is 0 Å². The minimum Gasteiger partial charge on any atom is -0.330 e. The molecule has 1 aliphatic heterocycles. The highest BCUT2D eigenvalue weighted by molar-refractivity contribution is 5.96. The number of rotatable bonds is 3. The Balaban J connectivity index is 2.29. The maximum atomic E-state index is 12.5. The van der Waals surface area contributed by atoms with Crippen molar-refractivity contribution in [3.8, 4) is 0 Å². The van der Waals surface area contributed by atoms with E-state index in [2.05, 4.69) is 19.1 Å². The number of carbonyl (C=O) groups excluding carboxylic acids is 1. The molecule has 1 amide bonds. The maximum Gasteiger partial charge on any atom is 0.230 e. The number of aryl methyl sites for hydroxylation is 1. The first-order valence-corrected chi connectivity index (χ1v) is 6.76. The number of nitrogens with two attached hydrogens (primary N) is 1. The van der Waals surface area contributed by atoms with Crippen molar-refractivity contribution < 1.29 is 4.79 Å². The number of fused-ring (bicyclic) bond motifs is 1. The van der Waals surface area contributed by atoms with E-state index in [1.165, 1.54) is 5.56 Å². The van der Waals surface area contributed by atoms with Gasteiger partial charge in [0.2, 0.25) is 5.91 Å². The van der Waals surface area contributed by atoms with Crippen LogP contribution in [0, 0.1) is 5.92 Å². The normalized spacial score (nSPS) is 20.4. The van der Waals surface area contributed by atoms with E-state index in [1.807, 2.05) is 24.0 Å². The molecule has 98 valence electrons. The Morgan fingerprint density at radius 2 is 2.22 bits per heavy atom. The number of benzene rings is 1. The molecule has 0 aliphatic carbocycles. The molecule has 1 heterocycles. The van der Waals surface area contributed by atoms with Gasteiger partial charge in [0.1, 0.15) is 0 Å². The van der Waals surface area contributed by atoms with E-state index < -0.39 is 0 Å². The minimum absolute atomic E-state index is 0.00334. The molecule has 1 aliphatic rings. The van der Waals surface area contributed by atoms with Gasteiger partial charge in [0.05, 0.1) is 0 Å². The fourth-order valence-electron chi connectivity index (χ4n) is 2.64. The van der Waals surface area contributed by atoms with Crippen molar-refractivity contribution in [1.29, 1.82) is 0 Å². The molecule has 2 N–H and O–H groups in total. The topological polar surface area (TPSA) is 46.3 Å². The molecule has 3 nitrogen and oxygen atoms in total. The molecule has 0 fully saturated rings. The van der Waals surface area contributed by atoms with E-state index >= 15 is 0 Å². The number of hydrogen-bond acceptors (Lipinski definition) is 2. The van der Waals surface area contributed by atoms with Gasteiger partial charge in [0, 0.05) is 17.6 Å². The molecular weight excluding hydrogens is 224 g/mol. The van der Waals surface area contributed by atoms with Gasteiger partial charge in [-0.2, -0.15) is 0 Å². The first-order valence-electron chi connectivity index (χ1n) is 6.76. The average Bonchev–Trinajstić information content (AvgIpc) is 2.38. The zero-order valence-corrected chi connectivity index (χ0v) is 11.2. The fourth-order valence-corrected chi connectivity index (χ4v) is 2.64. The largest absolute Gasteiger partial charge is 0.330 e. The summed E-state index contributed by atoms with van der Waals surface area (Å²) in [6.07, 6.45) is 2.86. The van der Waals surface area contributed by atoms with Gasteiger partial charge in [-0.15, -0.1) is 0 Å². The number of anilines is 1. The van der Waals surface area contributed by atoms with Crippen molar-refractivity contribution in [1.82, 2.24) is 0 Å².